The van der Waals surface area contributed by atoms with Gasteiger partial charge in [0.1, 0.15) is 5.78 Å². The number of aromatic nitrogens is 1. The summed E-state index contributed by atoms with van der Waals surface area (Å²) in [5.41, 5.74) is 2.01. The molecule has 0 aliphatic rings. The van der Waals surface area contributed by atoms with Crippen molar-refractivity contribution in [3.63, 3.8) is 0 Å². The number of ether oxygens (including phenoxy) is 1. The van der Waals surface area contributed by atoms with Crippen LogP contribution in [-0.2, 0) is 16.0 Å². The van der Waals surface area contributed by atoms with Crippen LogP contribution in [0.1, 0.15) is 25.3 Å². The third-order valence-corrected chi connectivity index (χ3v) is 3.08. The Bertz CT molecular complexity index is 546. The van der Waals surface area contributed by atoms with Gasteiger partial charge in [0.2, 0.25) is 0 Å². The molecule has 0 bridgehead atoms. The fourth-order valence-corrected chi connectivity index (χ4v) is 2.13. The number of carbonyl (C=O) groups is 1. The van der Waals surface area contributed by atoms with Gasteiger partial charge in [0.15, 0.2) is 0 Å². The molecule has 0 saturated carbocycles. The van der Waals surface area contributed by atoms with E-state index in [4.69, 9.17) is 4.74 Å². The molecule has 2 rings (SSSR count). The smallest absolute Gasteiger partial charge is 0.137 e. The largest absolute Gasteiger partial charge is 0.382 e. The van der Waals surface area contributed by atoms with Crippen molar-refractivity contribution in [3.05, 3.63) is 42.1 Å². The van der Waals surface area contributed by atoms with E-state index in [1.165, 1.54) is 0 Å². The van der Waals surface area contributed by atoms with Gasteiger partial charge in [0.05, 0.1) is 5.52 Å². The summed E-state index contributed by atoms with van der Waals surface area (Å²) in [5.74, 6) is 0.260. The normalized spacial score (nSPS) is 10.8. The van der Waals surface area contributed by atoms with E-state index < -0.39 is 0 Å². The highest BCUT2D eigenvalue weighted by atomic mass is 16.5. The van der Waals surface area contributed by atoms with E-state index in [1.807, 2.05) is 37.3 Å². The van der Waals surface area contributed by atoms with Crippen LogP contribution in [0, 0.1) is 0 Å². The van der Waals surface area contributed by atoms with Crippen LogP contribution < -0.4 is 0 Å². The summed E-state index contributed by atoms with van der Waals surface area (Å²) < 4.78 is 5.24. The number of nitrogens with zero attached hydrogens (tertiary/aromatic N) is 1. The van der Waals surface area contributed by atoms with Gasteiger partial charge in [-0.25, -0.2) is 0 Å². The van der Waals surface area contributed by atoms with Crippen LogP contribution in [0.25, 0.3) is 10.9 Å². The van der Waals surface area contributed by atoms with Crippen molar-refractivity contribution in [2.75, 3.05) is 13.2 Å². The maximum Gasteiger partial charge on any atom is 0.137 e. The van der Waals surface area contributed by atoms with Crippen molar-refractivity contribution in [2.45, 2.75) is 26.2 Å². The molecule has 1 aromatic heterocycles. The number of benzene rings is 1. The predicted octanol–water partition coefficient (Wildman–Crippen LogP) is 3.16. The van der Waals surface area contributed by atoms with E-state index in [2.05, 4.69) is 4.98 Å². The maximum absolute atomic E-state index is 11.9. The molecule has 0 aliphatic heterocycles. The predicted molar refractivity (Wildman–Crippen MR) is 76.2 cm³/mol. The summed E-state index contributed by atoms with van der Waals surface area (Å²) in [6.07, 6.45) is 3.63. The Hall–Kier alpha value is -1.74. The van der Waals surface area contributed by atoms with Crippen LogP contribution in [-0.4, -0.2) is 24.0 Å². The number of hydrogen-bond acceptors (Lipinski definition) is 3. The van der Waals surface area contributed by atoms with E-state index in [1.54, 1.807) is 6.20 Å². The SMILES string of the molecule is CCOCCCC(=O)Cc1ccnc2ccccc12. The number of ketones is 1. The number of Topliss-reactive ketones (excluding diaryl/α,β-unsaturated/α-hetero) is 1. The fourth-order valence-electron chi connectivity index (χ4n) is 2.13. The number of para-hydroxylation sites is 1. The van der Waals surface area contributed by atoms with Crippen molar-refractivity contribution in [1.29, 1.82) is 0 Å². The zero-order chi connectivity index (χ0) is 13.5. The first kappa shape index (κ1) is 13.7. The molecule has 2 aromatic rings. The van der Waals surface area contributed by atoms with E-state index >= 15 is 0 Å². The third-order valence-electron chi connectivity index (χ3n) is 3.08. The molecule has 0 saturated heterocycles. The molecule has 19 heavy (non-hydrogen) atoms. The van der Waals surface area contributed by atoms with Crippen LogP contribution >= 0.6 is 0 Å². The maximum atomic E-state index is 11.9. The molecule has 0 fully saturated rings. The van der Waals surface area contributed by atoms with Crippen molar-refractivity contribution in [3.8, 4) is 0 Å². The molecule has 0 N–H and O–H groups in total. The quantitative estimate of drug-likeness (QED) is 0.715. The number of carbonyl (C=O) groups excluding carboxylic acids is 1. The summed E-state index contributed by atoms with van der Waals surface area (Å²) in [4.78, 5) is 16.2. The Morgan fingerprint density at radius 1 is 1.26 bits per heavy atom. The lowest BCUT2D eigenvalue weighted by Crippen LogP contribution is -2.05. The Labute approximate surface area is 113 Å². The monoisotopic (exact) mass is 257 g/mol. The summed E-state index contributed by atoms with van der Waals surface area (Å²) >= 11 is 0. The average molecular weight is 257 g/mol. The Morgan fingerprint density at radius 2 is 2.11 bits per heavy atom. The van der Waals surface area contributed by atoms with Gasteiger partial charge in [-0.1, -0.05) is 18.2 Å². The first-order valence-corrected chi connectivity index (χ1v) is 6.73. The van der Waals surface area contributed by atoms with Crippen LogP contribution in [0.15, 0.2) is 36.5 Å². The van der Waals surface area contributed by atoms with Gasteiger partial charge in [0, 0.05) is 37.6 Å². The second-order valence-electron chi connectivity index (χ2n) is 4.50. The lowest BCUT2D eigenvalue weighted by Gasteiger charge is -2.05. The molecular formula is C16H19NO2. The van der Waals surface area contributed by atoms with Crippen LogP contribution in [0.5, 0.6) is 0 Å². The summed E-state index contributed by atoms with van der Waals surface area (Å²) in [6.45, 7) is 3.34. The topological polar surface area (TPSA) is 39.2 Å². The summed E-state index contributed by atoms with van der Waals surface area (Å²) in [7, 11) is 0. The molecule has 1 aromatic carbocycles. The van der Waals surface area contributed by atoms with Gasteiger partial charge < -0.3 is 4.74 Å². The van der Waals surface area contributed by atoms with Crippen LogP contribution in [0.3, 0.4) is 0 Å². The van der Waals surface area contributed by atoms with Gasteiger partial charge in [-0.2, -0.15) is 0 Å². The Kier molecular flexibility index (Phi) is 5.04. The highest BCUT2D eigenvalue weighted by Gasteiger charge is 2.07. The Balaban J connectivity index is 1.99. The summed E-state index contributed by atoms with van der Waals surface area (Å²) in [5, 5.41) is 1.07. The molecule has 3 nitrogen and oxygen atoms in total. The minimum Gasteiger partial charge on any atom is -0.382 e. The van der Waals surface area contributed by atoms with Crippen molar-refractivity contribution >= 4 is 16.7 Å². The molecule has 0 radical (unpaired) electrons. The van der Waals surface area contributed by atoms with Gasteiger partial charge >= 0.3 is 0 Å². The summed E-state index contributed by atoms with van der Waals surface area (Å²) in [6, 6.07) is 9.86. The van der Waals surface area contributed by atoms with E-state index in [-0.39, 0.29) is 5.78 Å². The first-order valence-electron chi connectivity index (χ1n) is 6.73. The molecule has 0 aliphatic carbocycles. The molecule has 3 heteroatoms. The first-order chi connectivity index (χ1) is 9.31. The second-order valence-corrected chi connectivity index (χ2v) is 4.50. The van der Waals surface area contributed by atoms with Gasteiger partial charge in [-0.15, -0.1) is 0 Å². The lowest BCUT2D eigenvalue weighted by molar-refractivity contribution is -0.118. The minimum atomic E-state index is 0.260. The molecule has 0 atom stereocenters. The van der Waals surface area contributed by atoms with Crippen LogP contribution in [0.2, 0.25) is 0 Å². The molecule has 1 heterocycles. The molecular weight excluding hydrogens is 238 g/mol. The highest BCUT2D eigenvalue weighted by molar-refractivity contribution is 5.88. The standard InChI is InChI=1S/C16H19NO2/c1-2-19-11-5-6-14(18)12-13-9-10-17-16-8-4-3-7-15(13)16/h3-4,7-10H,2,5-6,11-12H2,1H3. The Morgan fingerprint density at radius 3 is 2.95 bits per heavy atom. The second kappa shape index (κ2) is 7.00. The van der Waals surface area contributed by atoms with Gasteiger partial charge in [-0.05, 0) is 31.0 Å². The molecule has 0 unspecified atom stereocenters. The average Bonchev–Trinajstić information content (AvgIpc) is 2.44. The van der Waals surface area contributed by atoms with Gasteiger partial charge in [0.25, 0.3) is 0 Å². The zero-order valence-electron chi connectivity index (χ0n) is 11.3. The molecule has 0 amide bonds. The highest BCUT2D eigenvalue weighted by Crippen LogP contribution is 2.17. The lowest BCUT2D eigenvalue weighted by atomic mass is 10.0. The van der Waals surface area contributed by atoms with E-state index in [9.17, 15) is 4.79 Å². The van der Waals surface area contributed by atoms with Crippen molar-refractivity contribution in [1.82, 2.24) is 4.98 Å². The van der Waals surface area contributed by atoms with Crippen LogP contribution in [0.4, 0.5) is 0 Å². The number of pyridine rings is 1. The zero-order valence-corrected chi connectivity index (χ0v) is 11.3. The van der Waals surface area contributed by atoms with Gasteiger partial charge in [-0.3, -0.25) is 9.78 Å². The number of rotatable bonds is 7. The fraction of sp³-hybridized carbons (Fsp3) is 0.375. The number of fused-ring (bicyclic) bond motifs is 1. The van der Waals surface area contributed by atoms with Crippen molar-refractivity contribution in [2.24, 2.45) is 0 Å². The third kappa shape index (κ3) is 3.86. The van der Waals surface area contributed by atoms with E-state index in [0.29, 0.717) is 26.1 Å². The van der Waals surface area contributed by atoms with Crippen molar-refractivity contribution < 1.29 is 9.53 Å². The minimum absolute atomic E-state index is 0.260. The molecule has 0 spiro atoms. The molecule has 100 valence electrons. The number of hydrogen-bond donors (Lipinski definition) is 0. The van der Waals surface area contributed by atoms with E-state index in [0.717, 1.165) is 22.9 Å².